The number of halogens is 1. The van der Waals surface area contributed by atoms with Gasteiger partial charge in [-0.15, -0.1) is 12.4 Å². The first kappa shape index (κ1) is 19.1. The van der Waals surface area contributed by atoms with Gasteiger partial charge in [0.1, 0.15) is 0 Å². The van der Waals surface area contributed by atoms with Crippen LogP contribution in [0.15, 0.2) is 0 Å². The molecule has 0 aromatic carbocycles. The number of nitrogens with one attached hydrogen (secondary N) is 1. The van der Waals surface area contributed by atoms with E-state index in [1.165, 1.54) is 57.9 Å². The van der Waals surface area contributed by atoms with Gasteiger partial charge >= 0.3 is 0 Å². The number of likely N-dealkylation sites (tertiary alicyclic amines) is 1. The van der Waals surface area contributed by atoms with Gasteiger partial charge in [-0.05, 0) is 56.9 Å². The zero-order chi connectivity index (χ0) is 15.2. The molecule has 2 aliphatic carbocycles. The summed E-state index contributed by atoms with van der Waals surface area (Å²) in [6.45, 7) is 3.16. The number of amides is 1. The molecule has 1 saturated heterocycles. The van der Waals surface area contributed by atoms with Crippen LogP contribution in [0.5, 0.6) is 0 Å². The minimum Gasteiger partial charge on any atom is -0.343 e. The highest BCUT2D eigenvalue weighted by molar-refractivity contribution is 5.85. The number of hydrogen-bond donors (Lipinski definition) is 1. The Bertz CT molecular complexity index is 345. The quantitative estimate of drug-likeness (QED) is 0.753. The van der Waals surface area contributed by atoms with Crippen LogP contribution in [0.25, 0.3) is 0 Å². The van der Waals surface area contributed by atoms with E-state index < -0.39 is 0 Å². The molecule has 1 aliphatic heterocycles. The number of hydrogen-bond acceptors (Lipinski definition) is 2. The van der Waals surface area contributed by atoms with Gasteiger partial charge in [0.05, 0.1) is 0 Å². The highest BCUT2D eigenvalue weighted by Gasteiger charge is 2.25. The van der Waals surface area contributed by atoms with Crippen molar-refractivity contribution in [1.82, 2.24) is 10.2 Å². The van der Waals surface area contributed by atoms with Crippen LogP contribution < -0.4 is 5.32 Å². The van der Waals surface area contributed by atoms with Crippen LogP contribution >= 0.6 is 12.4 Å². The third-order valence-corrected chi connectivity index (χ3v) is 5.97. The van der Waals surface area contributed by atoms with Crippen molar-refractivity contribution in [3.8, 4) is 0 Å². The summed E-state index contributed by atoms with van der Waals surface area (Å²) < 4.78 is 0. The van der Waals surface area contributed by atoms with Crippen molar-refractivity contribution in [2.24, 2.45) is 11.8 Å². The van der Waals surface area contributed by atoms with E-state index in [2.05, 4.69) is 10.2 Å². The van der Waals surface area contributed by atoms with Crippen molar-refractivity contribution in [3.63, 3.8) is 0 Å². The Hall–Kier alpha value is -0.280. The lowest BCUT2D eigenvalue weighted by molar-refractivity contribution is -0.132. The highest BCUT2D eigenvalue weighted by atomic mass is 35.5. The van der Waals surface area contributed by atoms with Gasteiger partial charge < -0.3 is 10.2 Å². The SMILES string of the molecule is Cl.O=C(CCCC1CCCCC1)N1CCC(NCC2CC2)CC1. The number of rotatable bonds is 7. The molecule has 0 spiro atoms. The van der Waals surface area contributed by atoms with Crippen LogP contribution in [0.1, 0.15) is 77.0 Å². The van der Waals surface area contributed by atoms with Crippen molar-refractivity contribution in [2.75, 3.05) is 19.6 Å². The third-order valence-electron chi connectivity index (χ3n) is 5.97. The van der Waals surface area contributed by atoms with Gasteiger partial charge in [0.15, 0.2) is 0 Å². The summed E-state index contributed by atoms with van der Waals surface area (Å²) in [6.07, 6.45) is 15.4. The lowest BCUT2D eigenvalue weighted by Gasteiger charge is -2.33. The Balaban J connectivity index is 0.00000192. The second-order valence-electron chi connectivity index (χ2n) is 7.90. The molecule has 23 heavy (non-hydrogen) atoms. The van der Waals surface area contributed by atoms with E-state index in [1.54, 1.807) is 0 Å². The smallest absolute Gasteiger partial charge is 0.222 e. The molecule has 3 nitrogen and oxygen atoms in total. The minimum absolute atomic E-state index is 0. The standard InChI is InChI=1S/C19H34N2O.ClH/c22-19(8-4-7-16-5-2-1-3-6-16)21-13-11-18(12-14-21)20-15-17-9-10-17;/h16-18,20H,1-15H2;1H. The fourth-order valence-corrected chi connectivity index (χ4v) is 4.16. The van der Waals surface area contributed by atoms with Crippen molar-refractivity contribution in [2.45, 2.75) is 83.1 Å². The van der Waals surface area contributed by atoms with Gasteiger partial charge in [0.25, 0.3) is 0 Å². The average molecular weight is 343 g/mol. The van der Waals surface area contributed by atoms with E-state index in [4.69, 9.17) is 0 Å². The molecule has 0 radical (unpaired) electrons. The maximum atomic E-state index is 12.3. The Morgan fingerprint density at radius 2 is 1.61 bits per heavy atom. The molecular formula is C19H35ClN2O. The second kappa shape index (κ2) is 9.88. The molecule has 0 atom stereocenters. The minimum atomic E-state index is 0. The van der Waals surface area contributed by atoms with Crippen LogP contribution in [-0.4, -0.2) is 36.5 Å². The normalized spacial score (nSPS) is 23.6. The molecule has 1 heterocycles. The molecule has 0 unspecified atom stereocenters. The van der Waals surface area contributed by atoms with Crippen LogP contribution in [-0.2, 0) is 4.79 Å². The predicted molar refractivity (Wildman–Crippen MR) is 98.0 cm³/mol. The highest BCUT2D eigenvalue weighted by Crippen LogP contribution is 2.29. The van der Waals surface area contributed by atoms with Crippen LogP contribution in [0.4, 0.5) is 0 Å². The van der Waals surface area contributed by atoms with Gasteiger partial charge in [-0.25, -0.2) is 0 Å². The van der Waals surface area contributed by atoms with E-state index in [0.717, 1.165) is 50.6 Å². The zero-order valence-corrected chi connectivity index (χ0v) is 15.4. The summed E-state index contributed by atoms with van der Waals surface area (Å²) in [5.41, 5.74) is 0. The van der Waals surface area contributed by atoms with Gasteiger partial charge in [0.2, 0.25) is 5.91 Å². The fraction of sp³-hybridized carbons (Fsp3) is 0.947. The van der Waals surface area contributed by atoms with E-state index in [-0.39, 0.29) is 12.4 Å². The molecule has 0 aromatic rings. The van der Waals surface area contributed by atoms with Gasteiger partial charge in [-0.1, -0.05) is 32.1 Å². The molecule has 1 N–H and O–H groups in total. The second-order valence-corrected chi connectivity index (χ2v) is 7.90. The summed E-state index contributed by atoms with van der Waals surface area (Å²) >= 11 is 0. The molecule has 0 bridgehead atoms. The molecule has 134 valence electrons. The molecular weight excluding hydrogens is 308 g/mol. The van der Waals surface area contributed by atoms with Gasteiger partial charge in [-0.3, -0.25) is 4.79 Å². The predicted octanol–water partition coefficient (Wildman–Crippen LogP) is 4.15. The maximum absolute atomic E-state index is 12.3. The first-order valence-electron chi connectivity index (χ1n) is 9.82. The van der Waals surface area contributed by atoms with Crippen LogP contribution in [0.2, 0.25) is 0 Å². The zero-order valence-electron chi connectivity index (χ0n) is 14.6. The number of piperidine rings is 1. The van der Waals surface area contributed by atoms with Crippen molar-refractivity contribution < 1.29 is 4.79 Å². The van der Waals surface area contributed by atoms with Crippen molar-refractivity contribution in [1.29, 1.82) is 0 Å². The van der Waals surface area contributed by atoms with Crippen LogP contribution in [0, 0.1) is 11.8 Å². The molecule has 3 aliphatic rings. The average Bonchev–Trinajstić information content (AvgIpc) is 3.39. The van der Waals surface area contributed by atoms with Crippen molar-refractivity contribution in [3.05, 3.63) is 0 Å². The Kier molecular flexibility index (Phi) is 8.18. The van der Waals surface area contributed by atoms with E-state index in [1.807, 2.05) is 0 Å². The molecule has 3 fully saturated rings. The first-order valence-corrected chi connectivity index (χ1v) is 9.82. The van der Waals surface area contributed by atoms with Crippen molar-refractivity contribution >= 4 is 18.3 Å². The summed E-state index contributed by atoms with van der Waals surface area (Å²) in [7, 11) is 0. The molecule has 1 amide bonds. The molecule has 2 saturated carbocycles. The lowest BCUT2D eigenvalue weighted by atomic mass is 9.86. The van der Waals surface area contributed by atoms with Gasteiger partial charge in [0, 0.05) is 25.6 Å². The summed E-state index contributed by atoms with van der Waals surface area (Å²) in [6, 6.07) is 0.659. The Morgan fingerprint density at radius 3 is 2.26 bits per heavy atom. The van der Waals surface area contributed by atoms with E-state index >= 15 is 0 Å². The largest absolute Gasteiger partial charge is 0.343 e. The number of carbonyl (C=O) groups is 1. The first-order chi connectivity index (χ1) is 10.8. The van der Waals surface area contributed by atoms with Crippen LogP contribution in [0.3, 0.4) is 0 Å². The maximum Gasteiger partial charge on any atom is 0.222 e. The third kappa shape index (κ3) is 6.62. The van der Waals surface area contributed by atoms with E-state index in [0.29, 0.717) is 11.9 Å². The van der Waals surface area contributed by atoms with E-state index in [9.17, 15) is 4.79 Å². The lowest BCUT2D eigenvalue weighted by Crippen LogP contribution is -2.45. The molecule has 0 aromatic heterocycles. The molecule has 4 heteroatoms. The monoisotopic (exact) mass is 342 g/mol. The Morgan fingerprint density at radius 1 is 0.913 bits per heavy atom. The number of carbonyl (C=O) groups excluding carboxylic acids is 1. The molecule has 3 rings (SSSR count). The summed E-state index contributed by atoms with van der Waals surface area (Å²) in [5, 5.41) is 3.69. The number of nitrogens with zero attached hydrogens (tertiary/aromatic N) is 1. The summed E-state index contributed by atoms with van der Waals surface area (Å²) in [5.74, 6) is 2.29. The Labute approximate surface area is 148 Å². The topological polar surface area (TPSA) is 32.3 Å². The van der Waals surface area contributed by atoms with Gasteiger partial charge in [-0.2, -0.15) is 0 Å². The fourth-order valence-electron chi connectivity index (χ4n) is 4.16. The summed E-state index contributed by atoms with van der Waals surface area (Å²) in [4.78, 5) is 14.4.